The van der Waals surface area contributed by atoms with Gasteiger partial charge in [0.1, 0.15) is 0 Å². The number of amides is 2. The number of pyridine rings is 1. The lowest BCUT2D eigenvalue weighted by Crippen LogP contribution is -2.30. The Kier molecular flexibility index (Phi) is 7.27. The number of thiophene rings is 1. The van der Waals surface area contributed by atoms with Gasteiger partial charge in [-0.05, 0) is 53.3 Å². The Hall–Kier alpha value is -3.77. The largest absolute Gasteiger partial charge is 0.352 e. The molecule has 0 saturated carbocycles. The SMILES string of the molecule is Cc1cccc(CN(C(=O)c2cccs2)c2ccc(CC(=O)NCc3cccnc3)cc2)c1. The molecule has 166 valence electrons. The minimum Gasteiger partial charge on any atom is -0.352 e. The summed E-state index contributed by atoms with van der Waals surface area (Å²) in [5.74, 6) is -0.0913. The third kappa shape index (κ3) is 6.14. The van der Waals surface area contributed by atoms with Gasteiger partial charge in [0.25, 0.3) is 5.91 Å². The van der Waals surface area contributed by atoms with Crippen LogP contribution in [0.5, 0.6) is 0 Å². The van der Waals surface area contributed by atoms with Crippen LogP contribution in [-0.2, 0) is 24.3 Å². The maximum atomic E-state index is 13.2. The van der Waals surface area contributed by atoms with Gasteiger partial charge >= 0.3 is 0 Å². The van der Waals surface area contributed by atoms with E-state index in [1.54, 1.807) is 17.3 Å². The van der Waals surface area contributed by atoms with Crippen LogP contribution < -0.4 is 10.2 Å². The highest BCUT2D eigenvalue weighted by Crippen LogP contribution is 2.23. The zero-order valence-corrected chi connectivity index (χ0v) is 19.2. The van der Waals surface area contributed by atoms with Crippen molar-refractivity contribution in [1.82, 2.24) is 10.3 Å². The summed E-state index contributed by atoms with van der Waals surface area (Å²) in [7, 11) is 0. The first-order chi connectivity index (χ1) is 16.1. The summed E-state index contributed by atoms with van der Waals surface area (Å²) in [5.41, 5.74) is 4.87. The number of hydrogen-bond acceptors (Lipinski definition) is 4. The van der Waals surface area contributed by atoms with Crippen molar-refractivity contribution in [2.45, 2.75) is 26.4 Å². The molecular weight excluding hydrogens is 430 g/mol. The zero-order valence-electron chi connectivity index (χ0n) is 18.4. The Balaban J connectivity index is 1.46. The Morgan fingerprint density at radius 2 is 1.76 bits per heavy atom. The molecule has 0 atom stereocenters. The molecule has 0 radical (unpaired) electrons. The second kappa shape index (κ2) is 10.7. The van der Waals surface area contributed by atoms with Gasteiger partial charge in [0.15, 0.2) is 0 Å². The first kappa shape index (κ1) is 22.4. The van der Waals surface area contributed by atoms with Crippen LogP contribution in [0.1, 0.15) is 31.9 Å². The number of aromatic nitrogens is 1. The first-order valence-electron chi connectivity index (χ1n) is 10.7. The molecule has 0 aliphatic rings. The fourth-order valence-corrected chi connectivity index (χ4v) is 4.22. The summed E-state index contributed by atoms with van der Waals surface area (Å²) in [5, 5.41) is 4.83. The molecule has 4 aromatic rings. The van der Waals surface area contributed by atoms with Gasteiger partial charge in [-0.15, -0.1) is 11.3 Å². The maximum absolute atomic E-state index is 13.2. The Bertz CT molecular complexity index is 1210. The molecule has 2 heterocycles. The number of nitrogens with zero attached hydrogens (tertiary/aromatic N) is 2. The predicted octanol–water partition coefficient (Wildman–Crippen LogP) is 5.16. The number of benzene rings is 2. The van der Waals surface area contributed by atoms with Crippen LogP contribution in [0.3, 0.4) is 0 Å². The van der Waals surface area contributed by atoms with E-state index in [0.717, 1.165) is 27.9 Å². The van der Waals surface area contributed by atoms with E-state index >= 15 is 0 Å². The lowest BCUT2D eigenvalue weighted by molar-refractivity contribution is -0.120. The van der Waals surface area contributed by atoms with E-state index in [1.807, 2.05) is 79.0 Å². The van der Waals surface area contributed by atoms with Gasteiger partial charge < -0.3 is 10.2 Å². The fourth-order valence-electron chi connectivity index (χ4n) is 3.55. The standard InChI is InChI=1S/C27H25N3O2S/c1-20-5-2-6-22(15-20)19-30(27(32)25-8-4-14-33-25)24-11-9-21(10-12-24)16-26(31)29-18-23-7-3-13-28-17-23/h2-15,17H,16,18-19H2,1H3,(H,29,31). The average Bonchev–Trinajstić information content (AvgIpc) is 3.37. The third-order valence-corrected chi connectivity index (χ3v) is 6.08. The maximum Gasteiger partial charge on any atom is 0.268 e. The molecule has 0 fully saturated rings. The van der Waals surface area contributed by atoms with Crippen molar-refractivity contribution in [1.29, 1.82) is 0 Å². The molecule has 33 heavy (non-hydrogen) atoms. The predicted molar refractivity (Wildman–Crippen MR) is 132 cm³/mol. The van der Waals surface area contributed by atoms with Crippen LogP contribution in [0.25, 0.3) is 0 Å². The Labute approximate surface area is 197 Å². The molecule has 2 amide bonds. The van der Waals surface area contributed by atoms with Crippen LogP contribution in [0.2, 0.25) is 0 Å². The zero-order chi connectivity index (χ0) is 23.0. The summed E-state index contributed by atoms with van der Waals surface area (Å²) < 4.78 is 0. The van der Waals surface area contributed by atoms with Crippen LogP contribution in [0.4, 0.5) is 5.69 Å². The highest BCUT2D eigenvalue weighted by atomic mass is 32.1. The highest BCUT2D eigenvalue weighted by molar-refractivity contribution is 7.12. The van der Waals surface area contributed by atoms with Crippen molar-refractivity contribution in [3.63, 3.8) is 0 Å². The van der Waals surface area contributed by atoms with Gasteiger partial charge in [-0.25, -0.2) is 0 Å². The van der Waals surface area contributed by atoms with Crippen molar-refractivity contribution in [2.75, 3.05) is 4.90 Å². The number of carbonyl (C=O) groups excluding carboxylic acids is 2. The number of hydrogen-bond donors (Lipinski definition) is 1. The molecule has 5 nitrogen and oxygen atoms in total. The van der Waals surface area contributed by atoms with Gasteiger partial charge in [-0.3, -0.25) is 14.6 Å². The van der Waals surface area contributed by atoms with Crippen LogP contribution >= 0.6 is 11.3 Å². The van der Waals surface area contributed by atoms with E-state index in [9.17, 15) is 9.59 Å². The van der Waals surface area contributed by atoms with Crippen molar-refractivity contribution >= 4 is 28.8 Å². The molecule has 0 unspecified atom stereocenters. The molecule has 6 heteroatoms. The van der Waals surface area contributed by atoms with Crippen molar-refractivity contribution in [3.05, 3.63) is 118 Å². The lowest BCUT2D eigenvalue weighted by Gasteiger charge is -2.23. The molecule has 0 bridgehead atoms. The van der Waals surface area contributed by atoms with E-state index in [1.165, 1.54) is 11.3 Å². The number of anilines is 1. The van der Waals surface area contributed by atoms with Gasteiger partial charge in [0.05, 0.1) is 17.8 Å². The summed E-state index contributed by atoms with van der Waals surface area (Å²) in [6.07, 6.45) is 3.72. The fraction of sp³-hybridized carbons (Fsp3) is 0.148. The Morgan fingerprint density at radius 1 is 0.939 bits per heavy atom. The summed E-state index contributed by atoms with van der Waals surface area (Å²) in [6, 6.07) is 23.3. The molecule has 4 rings (SSSR count). The van der Waals surface area contributed by atoms with Crippen molar-refractivity contribution < 1.29 is 9.59 Å². The van der Waals surface area contributed by atoms with E-state index < -0.39 is 0 Å². The topological polar surface area (TPSA) is 62.3 Å². The van der Waals surface area contributed by atoms with Crippen molar-refractivity contribution in [3.8, 4) is 0 Å². The number of nitrogens with one attached hydrogen (secondary N) is 1. The summed E-state index contributed by atoms with van der Waals surface area (Å²) >= 11 is 1.43. The minimum absolute atomic E-state index is 0.0338. The summed E-state index contributed by atoms with van der Waals surface area (Å²) in [6.45, 7) is 2.97. The van der Waals surface area contributed by atoms with Gasteiger partial charge in [-0.2, -0.15) is 0 Å². The van der Waals surface area contributed by atoms with Crippen molar-refractivity contribution in [2.24, 2.45) is 0 Å². The normalized spacial score (nSPS) is 10.6. The van der Waals surface area contributed by atoms with Gasteiger partial charge in [0, 0.05) is 24.6 Å². The second-order valence-corrected chi connectivity index (χ2v) is 8.79. The van der Waals surface area contributed by atoms with E-state index in [2.05, 4.69) is 16.4 Å². The molecule has 0 saturated heterocycles. The van der Waals surface area contributed by atoms with Crippen LogP contribution in [0.15, 0.2) is 90.6 Å². The number of aryl methyl sites for hydroxylation is 1. The summed E-state index contributed by atoms with van der Waals surface area (Å²) in [4.78, 5) is 32.1. The molecule has 0 spiro atoms. The monoisotopic (exact) mass is 455 g/mol. The molecule has 2 aromatic heterocycles. The molecule has 1 N–H and O–H groups in total. The van der Waals surface area contributed by atoms with Crippen LogP contribution in [-0.4, -0.2) is 16.8 Å². The molecule has 2 aromatic carbocycles. The molecule has 0 aliphatic heterocycles. The third-order valence-electron chi connectivity index (χ3n) is 5.23. The van der Waals surface area contributed by atoms with E-state index in [-0.39, 0.29) is 18.2 Å². The smallest absolute Gasteiger partial charge is 0.268 e. The van der Waals surface area contributed by atoms with Gasteiger partial charge in [0.2, 0.25) is 5.91 Å². The lowest BCUT2D eigenvalue weighted by atomic mass is 10.1. The molecular formula is C27H25N3O2S. The highest BCUT2D eigenvalue weighted by Gasteiger charge is 2.19. The first-order valence-corrected chi connectivity index (χ1v) is 11.6. The van der Waals surface area contributed by atoms with Crippen LogP contribution in [0, 0.1) is 6.92 Å². The minimum atomic E-state index is -0.0575. The van der Waals surface area contributed by atoms with E-state index in [0.29, 0.717) is 18.0 Å². The molecule has 0 aliphatic carbocycles. The second-order valence-electron chi connectivity index (χ2n) is 7.84. The number of carbonyl (C=O) groups is 2. The average molecular weight is 456 g/mol. The number of rotatable bonds is 8. The van der Waals surface area contributed by atoms with E-state index in [4.69, 9.17) is 0 Å². The van der Waals surface area contributed by atoms with Gasteiger partial charge in [-0.1, -0.05) is 54.1 Å². The Morgan fingerprint density at radius 3 is 2.45 bits per heavy atom. The quantitative estimate of drug-likeness (QED) is 0.399.